The lowest BCUT2D eigenvalue weighted by Gasteiger charge is -2.39. The topological polar surface area (TPSA) is 23.6 Å². The second-order valence-electron chi connectivity index (χ2n) is 7.48. The van der Waals surface area contributed by atoms with Crippen molar-refractivity contribution in [2.45, 2.75) is 56.9 Å². The van der Waals surface area contributed by atoms with Gasteiger partial charge in [-0.05, 0) is 69.2 Å². The Labute approximate surface area is 151 Å². The van der Waals surface area contributed by atoms with Crippen LogP contribution in [-0.4, -0.2) is 47.9 Å². The van der Waals surface area contributed by atoms with Crippen molar-refractivity contribution in [2.24, 2.45) is 0 Å². The molecule has 2 atom stereocenters. The van der Waals surface area contributed by atoms with Crippen molar-refractivity contribution in [3.8, 4) is 0 Å². The molecule has 1 amide bonds. The number of hydrogen-bond acceptors (Lipinski definition) is 2. The zero-order chi connectivity index (χ0) is 15.6. The summed E-state index contributed by atoms with van der Waals surface area (Å²) in [5.74, 6) is 0.518. The van der Waals surface area contributed by atoms with Gasteiger partial charge in [-0.15, -0.1) is 12.4 Å². The first-order valence-corrected chi connectivity index (χ1v) is 9.43. The summed E-state index contributed by atoms with van der Waals surface area (Å²) < 4.78 is 0. The smallest absolute Gasteiger partial charge is 0.230 e. The number of carbonyl (C=O) groups is 1. The molecule has 1 aromatic carbocycles. The molecule has 4 rings (SSSR count). The van der Waals surface area contributed by atoms with E-state index in [-0.39, 0.29) is 18.3 Å². The van der Waals surface area contributed by atoms with Crippen molar-refractivity contribution in [1.82, 2.24) is 9.80 Å². The van der Waals surface area contributed by atoms with E-state index in [1.165, 1.54) is 56.3 Å². The fourth-order valence-corrected chi connectivity index (χ4v) is 4.76. The molecule has 0 N–H and O–H groups in total. The molecule has 0 aromatic heterocycles. The summed E-state index contributed by atoms with van der Waals surface area (Å²) in [6.45, 7) is 4.52. The van der Waals surface area contributed by atoms with Crippen LogP contribution in [0.2, 0.25) is 0 Å². The Morgan fingerprint density at radius 1 is 1.00 bits per heavy atom. The molecule has 132 valence electrons. The number of fused-ring (bicyclic) bond motifs is 1. The van der Waals surface area contributed by atoms with Crippen molar-refractivity contribution in [3.63, 3.8) is 0 Å². The van der Waals surface area contributed by atoms with E-state index in [0.29, 0.717) is 11.9 Å². The number of rotatable bonds is 3. The van der Waals surface area contributed by atoms with Crippen LogP contribution in [-0.2, 0) is 11.2 Å². The number of piperidine rings is 1. The van der Waals surface area contributed by atoms with Gasteiger partial charge in [0, 0.05) is 19.1 Å². The zero-order valence-electron chi connectivity index (χ0n) is 14.5. The lowest BCUT2D eigenvalue weighted by atomic mass is 9.95. The second-order valence-corrected chi connectivity index (χ2v) is 7.48. The average molecular weight is 349 g/mol. The molecule has 2 unspecified atom stereocenters. The molecule has 2 aliphatic heterocycles. The Balaban J connectivity index is 0.00000169. The predicted molar refractivity (Wildman–Crippen MR) is 99.8 cm³/mol. The Morgan fingerprint density at radius 2 is 1.75 bits per heavy atom. The van der Waals surface area contributed by atoms with Crippen molar-refractivity contribution in [1.29, 1.82) is 0 Å². The molecule has 0 bridgehead atoms. The standard InChI is InChI=1S/C20H28N2O.ClH/c23-20(19-11-10-16-7-1-2-9-18(16)19)22-14-4-3-8-17(22)15-21-12-5-6-13-21;/h1-2,7,9,17,19H,3-6,8,10-15H2;1H. The lowest BCUT2D eigenvalue weighted by molar-refractivity contribution is -0.137. The molecule has 0 radical (unpaired) electrons. The Bertz CT molecular complexity index is 571. The van der Waals surface area contributed by atoms with Crippen molar-refractivity contribution in [3.05, 3.63) is 35.4 Å². The minimum atomic E-state index is 0. The van der Waals surface area contributed by atoms with Crippen molar-refractivity contribution >= 4 is 18.3 Å². The molecule has 2 fully saturated rings. The van der Waals surface area contributed by atoms with Crippen LogP contribution in [0.5, 0.6) is 0 Å². The molecule has 1 aromatic rings. The van der Waals surface area contributed by atoms with Gasteiger partial charge in [0.15, 0.2) is 0 Å². The van der Waals surface area contributed by atoms with Gasteiger partial charge in [-0.1, -0.05) is 24.3 Å². The minimum Gasteiger partial charge on any atom is -0.338 e. The van der Waals surface area contributed by atoms with Crippen LogP contribution in [0.4, 0.5) is 0 Å². The Morgan fingerprint density at radius 3 is 2.58 bits per heavy atom. The van der Waals surface area contributed by atoms with Gasteiger partial charge in [0.1, 0.15) is 0 Å². The van der Waals surface area contributed by atoms with Crippen LogP contribution >= 0.6 is 12.4 Å². The van der Waals surface area contributed by atoms with Crippen molar-refractivity contribution in [2.75, 3.05) is 26.2 Å². The van der Waals surface area contributed by atoms with E-state index in [2.05, 4.69) is 34.1 Å². The lowest BCUT2D eigenvalue weighted by Crippen LogP contribution is -2.50. The van der Waals surface area contributed by atoms with Crippen molar-refractivity contribution < 1.29 is 4.79 Å². The fourth-order valence-electron chi connectivity index (χ4n) is 4.76. The van der Waals surface area contributed by atoms with Gasteiger partial charge >= 0.3 is 0 Å². The molecule has 0 spiro atoms. The van der Waals surface area contributed by atoms with Gasteiger partial charge in [-0.25, -0.2) is 0 Å². The van der Waals surface area contributed by atoms with E-state index in [1.807, 2.05) is 0 Å². The first kappa shape index (κ1) is 17.8. The molecule has 24 heavy (non-hydrogen) atoms. The second kappa shape index (κ2) is 7.88. The third kappa shape index (κ3) is 3.48. The Hall–Kier alpha value is -1.06. The quantitative estimate of drug-likeness (QED) is 0.833. The monoisotopic (exact) mass is 348 g/mol. The first-order chi connectivity index (χ1) is 11.3. The largest absolute Gasteiger partial charge is 0.338 e. The highest BCUT2D eigenvalue weighted by Gasteiger charge is 2.36. The van der Waals surface area contributed by atoms with Crippen LogP contribution in [0.1, 0.15) is 55.6 Å². The predicted octanol–water partition coefficient (Wildman–Crippen LogP) is 3.62. The highest BCUT2D eigenvalue weighted by atomic mass is 35.5. The van der Waals surface area contributed by atoms with Gasteiger partial charge < -0.3 is 9.80 Å². The van der Waals surface area contributed by atoms with Gasteiger partial charge in [-0.3, -0.25) is 4.79 Å². The number of benzene rings is 1. The maximum absolute atomic E-state index is 13.3. The molecule has 3 nitrogen and oxygen atoms in total. The van der Waals surface area contributed by atoms with E-state index < -0.39 is 0 Å². The summed E-state index contributed by atoms with van der Waals surface area (Å²) in [4.78, 5) is 18.1. The Kier molecular flexibility index (Phi) is 5.83. The van der Waals surface area contributed by atoms with Gasteiger partial charge in [0.25, 0.3) is 0 Å². The molecular formula is C20H29ClN2O. The SMILES string of the molecule is Cl.O=C(C1CCc2ccccc21)N1CCCCC1CN1CCCC1. The molecule has 2 heterocycles. The van der Waals surface area contributed by atoms with E-state index in [9.17, 15) is 4.79 Å². The minimum absolute atomic E-state index is 0. The number of carbonyl (C=O) groups excluding carboxylic acids is 1. The highest BCUT2D eigenvalue weighted by molar-refractivity contribution is 5.85. The van der Waals surface area contributed by atoms with Gasteiger partial charge in [0.2, 0.25) is 5.91 Å². The summed E-state index contributed by atoms with van der Waals surface area (Å²) >= 11 is 0. The summed E-state index contributed by atoms with van der Waals surface area (Å²) in [7, 11) is 0. The molecule has 2 saturated heterocycles. The van der Waals surface area contributed by atoms with Gasteiger partial charge in [-0.2, -0.15) is 0 Å². The summed E-state index contributed by atoms with van der Waals surface area (Å²) in [5.41, 5.74) is 2.68. The van der Waals surface area contributed by atoms with E-state index in [1.54, 1.807) is 0 Å². The summed E-state index contributed by atoms with van der Waals surface area (Å²) in [6, 6.07) is 9.00. The van der Waals surface area contributed by atoms with Crippen LogP contribution in [0.3, 0.4) is 0 Å². The van der Waals surface area contributed by atoms with Crippen LogP contribution in [0, 0.1) is 0 Å². The normalized spacial score (nSPS) is 26.9. The van der Waals surface area contributed by atoms with Crippen LogP contribution in [0.15, 0.2) is 24.3 Å². The molecule has 0 saturated carbocycles. The highest BCUT2D eigenvalue weighted by Crippen LogP contribution is 2.35. The maximum Gasteiger partial charge on any atom is 0.230 e. The summed E-state index contributed by atoms with van der Waals surface area (Å²) in [6.07, 6.45) is 8.38. The molecule has 1 aliphatic carbocycles. The molecular weight excluding hydrogens is 320 g/mol. The summed E-state index contributed by atoms with van der Waals surface area (Å²) in [5, 5.41) is 0. The number of halogens is 1. The molecule has 4 heteroatoms. The number of hydrogen-bond donors (Lipinski definition) is 0. The molecule has 3 aliphatic rings. The average Bonchev–Trinajstić information content (AvgIpc) is 3.24. The number of nitrogens with zero attached hydrogens (tertiary/aromatic N) is 2. The van der Waals surface area contributed by atoms with E-state index >= 15 is 0 Å². The van der Waals surface area contributed by atoms with Gasteiger partial charge in [0.05, 0.1) is 5.92 Å². The zero-order valence-corrected chi connectivity index (χ0v) is 15.3. The third-order valence-electron chi connectivity index (χ3n) is 6.01. The van der Waals surface area contributed by atoms with E-state index in [4.69, 9.17) is 0 Å². The number of likely N-dealkylation sites (tertiary alicyclic amines) is 2. The number of amides is 1. The van der Waals surface area contributed by atoms with E-state index in [0.717, 1.165) is 25.9 Å². The maximum atomic E-state index is 13.3. The van der Waals surface area contributed by atoms with Crippen LogP contribution in [0.25, 0.3) is 0 Å². The first-order valence-electron chi connectivity index (χ1n) is 9.43. The fraction of sp³-hybridized carbons (Fsp3) is 0.650. The van der Waals surface area contributed by atoms with Crippen LogP contribution < -0.4 is 0 Å². The third-order valence-corrected chi connectivity index (χ3v) is 6.01. The number of aryl methyl sites for hydroxylation is 1.